The predicted octanol–water partition coefficient (Wildman–Crippen LogP) is 2.70. The first-order valence-electron chi connectivity index (χ1n) is 7.53. The van der Waals surface area contributed by atoms with Crippen LogP contribution in [0.2, 0.25) is 0 Å². The number of guanidine groups is 1. The minimum absolute atomic E-state index is 0.678. The summed E-state index contributed by atoms with van der Waals surface area (Å²) in [5, 5.41) is 4.46. The molecule has 1 N–H and O–H groups in total. The highest BCUT2D eigenvalue weighted by atomic mass is 32.1. The number of thiazole rings is 1. The largest absolute Gasteiger partial charge is 0.357 e. The lowest BCUT2D eigenvalue weighted by Gasteiger charge is -2.22. The molecule has 0 unspecified atom stereocenters. The molecule has 120 valence electrons. The van der Waals surface area contributed by atoms with Gasteiger partial charge in [-0.15, -0.1) is 11.3 Å². The monoisotopic (exact) mass is 319 g/mol. The first-order chi connectivity index (χ1) is 10.5. The number of rotatable bonds is 5. The first-order valence-corrected chi connectivity index (χ1v) is 8.35. The van der Waals surface area contributed by atoms with Crippen molar-refractivity contribution in [2.24, 2.45) is 12.0 Å². The topological polar surface area (TPSA) is 45.5 Å². The minimum Gasteiger partial charge on any atom is -0.357 e. The number of aryl methyl sites for hydroxylation is 3. The third kappa shape index (κ3) is 4.10. The van der Waals surface area contributed by atoms with E-state index in [4.69, 9.17) is 4.99 Å². The molecule has 0 saturated heterocycles. The SMILES string of the molecule is CCNC(=NCc1sc(C)nc1C)N(C)Cc1cccn1C. The van der Waals surface area contributed by atoms with Crippen LogP contribution in [0.25, 0.3) is 0 Å². The van der Waals surface area contributed by atoms with Crippen molar-refractivity contribution < 1.29 is 0 Å². The number of nitrogens with zero attached hydrogens (tertiary/aromatic N) is 4. The molecule has 0 fully saturated rings. The fourth-order valence-corrected chi connectivity index (χ4v) is 3.18. The highest BCUT2D eigenvalue weighted by Crippen LogP contribution is 2.18. The highest BCUT2D eigenvalue weighted by molar-refractivity contribution is 7.11. The third-order valence-corrected chi connectivity index (χ3v) is 4.58. The van der Waals surface area contributed by atoms with E-state index in [9.17, 15) is 0 Å². The second-order valence-corrected chi connectivity index (χ2v) is 6.67. The van der Waals surface area contributed by atoms with E-state index < -0.39 is 0 Å². The second kappa shape index (κ2) is 7.45. The molecule has 0 spiro atoms. The van der Waals surface area contributed by atoms with Gasteiger partial charge in [0.1, 0.15) is 0 Å². The number of aliphatic imine (C=N–C) groups is 1. The fourth-order valence-electron chi connectivity index (χ4n) is 2.32. The zero-order valence-electron chi connectivity index (χ0n) is 14.1. The maximum Gasteiger partial charge on any atom is 0.194 e. The van der Waals surface area contributed by atoms with Crippen LogP contribution in [-0.2, 0) is 20.1 Å². The van der Waals surface area contributed by atoms with Gasteiger partial charge < -0.3 is 14.8 Å². The van der Waals surface area contributed by atoms with Crippen molar-refractivity contribution in [3.05, 3.63) is 39.6 Å². The first kappa shape index (κ1) is 16.5. The average Bonchev–Trinajstić information content (AvgIpc) is 3.00. The number of aromatic nitrogens is 2. The van der Waals surface area contributed by atoms with E-state index >= 15 is 0 Å². The molecule has 0 amide bonds. The minimum atomic E-state index is 0.678. The Morgan fingerprint density at radius 1 is 1.45 bits per heavy atom. The molecular formula is C16H25N5S. The maximum atomic E-state index is 4.76. The molecule has 2 aromatic heterocycles. The van der Waals surface area contributed by atoms with Gasteiger partial charge in [0.05, 0.1) is 23.8 Å². The smallest absolute Gasteiger partial charge is 0.194 e. The van der Waals surface area contributed by atoms with Crippen LogP contribution >= 0.6 is 11.3 Å². The normalized spacial score (nSPS) is 11.8. The molecule has 5 nitrogen and oxygen atoms in total. The lowest BCUT2D eigenvalue weighted by atomic mass is 10.4. The summed E-state index contributed by atoms with van der Waals surface area (Å²) in [6, 6.07) is 4.20. The Morgan fingerprint density at radius 3 is 2.77 bits per heavy atom. The molecule has 2 aromatic rings. The summed E-state index contributed by atoms with van der Waals surface area (Å²) in [4.78, 5) is 12.6. The van der Waals surface area contributed by atoms with Crippen LogP contribution in [0.15, 0.2) is 23.3 Å². The lowest BCUT2D eigenvalue weighted by molar-refractivity contribution is 0.462. The molecule has 0 saturated carbocycles. The van der Waals surface area contributed by atoms with E-state index in [1.54, 1.807) is 11.3 Å². The zero-order valence-corrected chi connectivity index (χ0v) is 14.9. The van der Waals surface area contributed by atoms with Crippen LogP contribution in [-0.4, -0.2) is 34.0 Å². The summed E-state index contributed by atoms with van der Waals surface area (Å²) >= 11 is 1.73. The van der Waals surface area contributed by atoms with Gasteiger partial charge >= 0.3 is 0 Å². The number of hydrogen-bond acceptors (Lipinski definition) is 3. The Morgan fingerprint density at radius 2 is 2.23 bits per heavy atom. The van der Waals surface area contributed by atoms with E-state index in [1.165, 1.54) is 10.6 Å². The van der Waals surface area contributed by atoms with Crippen molar-refractivity contribution in [1.82, 2.24) is 19.8 Å². The van der Waals surface area contributed by atoms with Crippen molar-refractivity contribution >= 4 is 17.3 Å². The number of hydrogen-bond donors (Lipinski definition) is 1. The molecule has 0 aliphatic rings. The van der Waals surface area contributed by atoms with E-state index in [2.05, 4.69) is 66.0 Å². The van der Waals surface area contributed by atoms with Crippen LogP contribution in [0.5, 0.6) is 0 Å². The molecule has 0 aliphatic heterocycles. The zero-order chi connectivity index (χ0) is 16.1. The Kier molecular flexibility index (Phi) is 5.60. The van der Waals surface area contributed by atoms with E-state index in [0.29, 0.717) is 6.54 Å². The molecule has 0 aliphatic carbocycles. The second-order valence-electron chi connectivity index (χ2n) is 5.38. The summed E-state index contributed by atoms with van der Waals surface area (Å²) in [5.74, 6) is 0.925. The van der Waals surface area contributed by atoms with E-state index in [-0.39, 0.29) is 0 Å². The molecular weight excluding hydrogens is 294 g/mol. The number of nitrogens with one attached hydrogen (secondary N) is 1. The van der Waals surface area contributed by atoms with Crippen LogP contribution < -0.4 is 5.32 Å². The third-order valence-electron chi connectivity index (χ3n) is 3.52. The standard InChI is InChI=1S/C16H25N5S/c1-6-17-16(18-10-15-12(2)19-13(3)22-15)21(5)11-14-8-7-9-20(14)4/h7-9H,6,10-11H2,1-5H3,(H,17,18). The quantitative estimate of drug-likeness (QED) is 0.681. The van der Waals surface area contributed by atoms with Crippen molar-refractivity contribution in [1.29, 1.82) is 0 Å². The molecule has 0 bridgehead atoms. The highest BCUT2D eigenvalue weighted by Gasteiger charge is 2.09. The van der Waals surface area contributed by atoms with Gasteiger partial charge in [-0.2, -0.15) is 0 Å². The van der Waals surface area contributed by atoms with E-state index in [0.717, 1.165) is 29.8 Å². The fraction of sp³-hybridized carbons (Fsp3) is 0.500. The van der Waals surface area contributed by atoms with Gasteiger partial charge in [-0.1, -0.05) is 0 Å². The van der Waals surface area contributed by atoms with Gasteiger partial charge in [-0.3, -0.25) is 0 Å². The van der Waals surface area contributed by atoms with Gasteiger partial charge in [-0.05, 0) is 32.9 Å². The van der Waals surface area contributed by atoms with Crippen LogP contribution in [0.1, 0.15) is 28.2 Å². The molecule has 0 atom stereocenters. The molecule has 2 heterocycles. The van der Waals surface area contributed by atoms with E-state index in [1.807, 2.05) is 6.92 Å². The van der Waals surface area contributed by atoms with Gasteiger partial charge in [-0.25, -0.2) is 9.98 Å². The lowest BCUT2D eigenvalue weighted by Crippen LogP contribution is -2.38. The van der Waals surface area contributed by atoms with Gasteiger partial charge in [0, 0.05) is 37.4 Å². The summed E-state index contributed by atoms with van der Waals surface area (Å²) in [5.41, 5.74) is 2.35. The van der Waals surface area contributed by atoms with Gasteiger partial charge in [0.25, 0.3) is 0 Å². The molecule has 22 heavy (non-hydrogen) atoms. The predicted molar refractivity (Wildman–Crippen MR) is 93.3 cm³/mol. The van der Waals surface area contributed by atoms with Crippen LogP contribution in [0, 0.1) is 13.8 Å². The van der Waals surface area contributed by atoms with Crippen LogP contribution in [0.3, 0.4) is 0 Å². The molecule has 2 rings (SSSR count). The van der Waals surface area contributed by atoms with Crippen molar-refractivity contribution in [2.75, 3.05) is 13.6 Å². The van der Waals surface area contributed by atoms with Gasteiger partial charge in [0.15, 0.2) is 5.96 Å². The summed E-state index contributed by atoms with van der Waals surface area (Å²) < 4.78 is 2.14. The summed E-state index contributed by atoms with van der Waals surface area (Å²) in [6.45, 7) is 8.55. The molecule has 0 aromatic carbocycles. The Hall–Kier alpha value is -1.82. The Balaban J connectivity index is 2.09. The molecule has 6 heteroatoms. The Labute approximate surface area is 136 Å². The van der Waals surface area contributed by atoms with Crippen molar-refractivity contribution in [3.63, 3.8) is 0 Å². The van der Waals surface area contributed by atoms with Crippen molar-refractivity contribution in [3.8, 4) is 0 Å². The summed E-state index contributed by atoms with van der Waals surface area (Å²) in [6.07, 6.45) is 2.07. The van der Waals surface area contributed by atoms with Crippen LogP contribution in [0.4, 0.5) is 0 Å². The Bertz CT molecular complexity index is 641. The summed E-state index contributed by atoms with van der Waals surface area (Å²) in [7, 11) is 4.13. The van der Waals surface area contributed by atoms with Gasteiger partial charge in [0.2, 0.25) is 0 Å². The maximum absolute atomic E-state index is 4.76. The molecule has 0 radical (unpaired) electrons. The van der Waals surface area contributed by atoms with Crippen molar-refractivity contribution in [2.45, 2.75) is 33.9 Å². The average molecular weight is 319 g/mol.